The van der Waals surface area contributed by atoms with Crippen LogP contribution in [0.1, 0.15) is 41.9 Å². The first-order valence-corrected chi connectivity index (χ1v) is 7.52. The van der Waals surface area contributed by atoms with E-state index in [0.717, 1.165) is 24.2 Å². The van der Waals surface area contributed by atoms with Crippen molar-refractivity contribution in [1.29, 1.82) is 0 Å². The van der Waals surface area contributed by atoms with Gasteiger partial charge in [-0.1, -0.05) is 13.3 Å². The van der Waals surface area contributed by atoms with Crippen LogP contribution in [0.5, 0.6) is 0 Å². The smallest absolute Gasteiger partial charge is 0.345 e. The lowest BCUT2D eigenvalue weighted by Gasteiger charge is -2.17. The molecule has 0 aromatic carbocycles. The van der Waals surface area contributed by atoms with E-state index in [2.05, 4.69) is 17.2 Å². The van der Waals surface area contributed by atoms with Crippen molar-refractivity contribution in [2.75, 3.05) is 5.32 Å². The quantitative estimate of drug-likeness (QED) is 0.823. The zero-order chi connectivity index (χ0) is 15.2. The average molecular weight is 307 g/mol. The van der Waals surface area contributed by atoms with Gasteiger partial charge in [-0.05, 0) is 18.6 Å². The van der Waals surface area contributed by atoms with Crippen molar-refractivity contribution in [2.24, 2.45) is 0 Å². The fourth-order valence-corrected chi connectivity index (χ4v) is 2.86. The molecule has 0 saturated carbocycles. The third kappa shape index (κ3) is 4.16. The number of carbonyl (C=O) groups excluding carboxylic acids is 1. The second-order valence-corrected chi connectivity index (χ2v) is 5.76. The summed E-state index contributed by atoms with van der Waals surface area (Å²) in [6.45, 7) is 2.07. The van der Waals surface area contributed by atoms with Crippen LogP contribution in [-0.2, 0) is 4.79 Å². The summed E-state index contributed by atoms with van der Waals surface area (Å²) in [7, 11) is 0. The molecule has 112 valence electrons. The van der Waals surface area contributed by atoms with E-state index in [0.29, 0.717) is 11.4 Å². The Morgan fingerprint density at radius 1 is 1.48 bits per heavy atom. The minimum absolute atomic E-state index is 0.0661. The SMILES string of the molecule is CCCC(CC(=O)Nc1ccc(C(=O)O)s1)n1ccnc1. The summed E-state index contributed by atoms with van der Waals surface area (Å²) in [6.07, 6.45) is 7.44. The Hall–Kier alpha value is -2.15. The van der Waals surface area contributed by atoms with Gasteiger partial charge in [0.05, 0.1) is 11.3 Å². The monoisotopic (exact) mass is 307 g/mol. The van der Waals surface area contributed by atoms with Gasteiger partial charge in [-0.3, -0.25) is 4.79 Å². The van der Waals surface area contributed by atoms with Crippen molar-refractivity contribution < 1.29 is 14.7 Å². The van der Waals surface area contributed by atoms with Crippen LogP contribution in [0.25, 0.3) is 0 Å². The van der Waals surface area contributed by atoms with Crippen LogP contribution in [0.2, 0.25) is 0 Å². The molecule has 6 nitrogen and oxygen atoms in total. The zero-order valence-corrected chi connectivity index (χ0v) is 12.5. The highest BCUT2D eigenvalue weighted by atomic mass is 32.1. The molecule has 0 aliphatic carbocycles. The molecule has 2 rings (SSSR count). The van der Waals surface area contributed by atoms with Crippen molar-refractivity contribution in [1.82, 2.24) is 9.55 Å². The number of carbonyl (C=O) groups is 2. The summed E-state index contributed by atoms with van der Waals surface area (Å²) in [6, 6.07) is 3.16. The predicted molar refractivity (Wildman–Crippen MR) is 80.7 cm³/mol. The number of imidazole rings is 1. The molecule has 7 heteroatoms. The molecule has 1 unspecified atom stereocenters. The van der Waals surface area contributed by atoms with E-state index >= 15 is 0 Å². The first-order chi connectivity index (χ1) is 10.1. The zero-order valence-electron chi connectivity index (χ0n) is 11.7. The number of hydrogen-bond donors (Lipinski definition) is 2. The van der Waals surface area contributed by atoms with Crippen LogP contribution in [0.15, 0.2) is 30.9 Å². The Kier molecular flexibility index (Phi) is 5.10. The molecule has 1 amide bonds. The maximum absolute atomic E-state index is 12.1. The fourth-order valence-electron chi connectivity index (χ4n) is 2.10. The van der Waals surface area contributed by atoms with Crippen LogP contribution in [0.4, 0.5) is 5.00 Å². The topological polar surface area (TPSA) is 84.2 Å². The molecule has 2 N–H and O–H groups in total. The lowest BCUT2D eigenvalue weighted by molar-refractivity contribution is -0.117. The fraction of sp³-hybridized carbons (Fsp3) is 0.357. The van der Waals surface area contributed by atoms with Gasteiger partial charge in [-0.2, -0.15) is 0 Å². The summed E-state index contributed by atoms with van der Waals surface area (Å²) in [5.41, 5.74) is 0. The molecule has 0 aliphatic rings. The number of carboxylic acids is 1. The molecule has 2 aromatic heterocycles. The highest BCUT2D eigenvalue weighted by molar-refractivity contribution is 7.18. The second-order valence-electron chi connectivity index (χ2n) is 4.67. The number of anilines is 1. The number of carboxylic acid groups (broad SMARTS) is 1. The Balaban J connectivity index is 1.97. The van der Waals surface area contributed by atoms with Crippen LogP contribution in [0.3, 0.4) is 0 Å². The number of hydrogen-bond acceptors (Lipinski definition) is 4. The normalized spacial score (nSPS) is 12.0. The lowest BCUT2D eigenvalue weighted by atomic mass is 10.1. The largest absolute Gasteiger partial charge is 0.477 e. The van der Waals surface area contributed by atoms with Gasteiger partial charge in [-0.15, -0.1) is 11.3 Å². The molecule has 0 fully saturated rings. The van der Waals surface area contributed by atoms with Crippen molar-refractivity contribution in [3.05, 3.63) is 35.7 Å². The predicted octanol–water partition coefficient (Wildman–Crippen LogP) is 3.01. The number of nitrogens with zero attached hydrogens (tertiary/aromatic N) is 2. The van der Waals surface area contributed by atoms with Gasteiger partial charge < -0.3 is 15.0 Å². The number of aromatic carboxylic acids is 1. The van der Waals surface area contributed by atoms with Crippen LogP contribution in [-0.4, -0.2) is 26.5 Å². The van der Waals surface area contributed by atoms with E-state index in [4.69, 9.17) is 5.11 Å². The highest BCUT2D eigenvalue weighted by Crippen LogP contribution is 2.24. The maximum Gasteiger partial charge on any atom is 0.345 e. The second kappa shape index (κ2) is 7.03. The van der Waals surface area contributed by atoms with E-state index in [1.54, 1.807) is 18.6 Å². The third-order valence-corrected chi connectivity index (χ3v) is 4.06. The maximum atomic E-state index is 12.1. The van der Waals surface area contributed by atoms with E-state index in [-0.39, 0.29) is 16.8 Å². The van der Waals surface area contributed by atoms with Crippen LogP contribution < -0.4 is 5.32 Å². The van der Waals surface area contributed by atoms with E-state index in [1.165, 1.54) is 6.07 Å². The molecular weight excluding hydrogens is 290 g/mol. The molecule has 0 radical (unpaired) electrons. The van der Waals surface area contributed by atoms with E-state index < -0.39 is 5.97 Å². The molecule has 0 bridgehead atoms. The van der Waals surface area contributed by atoms with Gasteiger partial charge in [0.2, 0.25) is 5.91 Å². The summed E-state index contributed by atoms with van der Waals surface area (Å²) < 4.78 is 1.93. The number of aromatic nitrogens is 2. The minimum Gasteiger partial charge on any atom is -0.477 e. The van der Waals surface area contributed by atoms with Crippen molar-refractivity contribution in [3.8, 4) is 0 Å². The van der Waals surface area contributed by atoms with Crippen LogP contribution >= 0.6 is 11.3 Å². The Morgan fingerprint density at radius 3 is 2.86 bits per heavy atom. The summed E-state index contributed by atoms with van der Waals surface area (Å²) in [4.78, 5) is 27.1. The molecule has 2 heterocycles. The summed E-state index contributed by atoms with van der Waals surface area (Å²) in [5, 5.41) is 12.2. The highest BCUT2D eigenvalue weighted by Gasteiger charge is 2.16. The molecule has 0 saturated heterocycles. The molecule has 0 spiro atoms. The number of nitrogens with one attached hydrogen (secondary N) is 1. The van der Waals surface area contributed by atoms with Gasteiger partial charge in [-0.25, -0.2) is 9.78 Å². The summed E-state index contributed by atoms with van der Waals surface area (Å²) in [5.74, 6) is -1.11. The van der Waals surface area contributed by atoms with Gasteiger partial charge >= 0.3 is 5.97 Å². The van der Waals surface area contributed by atoms with Gasteiger partial charge in [0.1, 0.15) is 4.88 Å². The van der Waals surface area contributed by atoms with E-state index in [9.17, 15) is 9.59 Å². The first-order valence-electron chi connectivity index (χ1n) is 6.70. The van der Waals surface area contributed by atoms with Crippen molar-refractivity contribution >= 4 is 28.2 Å². The van der Waals surface area contributed by atoms with Gasteiger partial charge in [0.25, 0.3) is 0 Å². The number of rotatable bonds is 7. The molecule has 21 heavy (non-hydrogen) atoms. The molecule has 0 aliphatic heterocycles. The molecule has 2 aromatic rings. The standard InChI is InChI=1S/C14H17N3O3S/c1-2-3-10(17-7-6-15-9-17)8-12(18)16-13-5-4-11(21-13)14(19)20/h4-7,9-10H,2-3,8H2,1H3,(H,16,18)(H,19,20). The molecule has 1 atom stereocenters. The van der Waals surface area contributed by atoms with Gasteiger partial charge in [0, 0.05) is 24.9 Å². The van der Waals surface area contributed by atoms with E-state index in [1.807, 2.05) is 10.8 Å². The Morgan fingerprint density at radius 2 is 2.29 bits per heavy atom. The first kappa shape index (κ1) is 15.2. The number of thiophene rings is 1. The molecular formula is C14H17N3O3S. The average Bonchev–Trinajstić information content (AvgIpc) is 3.09. The third-order valence-electron chi connectivity index (χ3n) is 3.07. The van der Waals surface area contributed by atoms with Crippen molar-refractivity contribution in [2.45, 2.75) is 32.2 Å². The Bertz CT molecular complexity index is 607. The minimum atomic E-state index is -0.984. The van der Waals surface area contributed by atoms with Crippen LogP contribution in [0, 0.1) is 0 Å². The Labute approximate surface area is 126 Å². The summed E-state index contributed by atoms with van der Waals surface area (Å²) >= 11 is 1.06. The van der Waals surface area contributed by atoms with Crippen molar-refractivity contribution in [3.63, 3.8) is 0 Å². The lowest BCUT2D eigenvalue weighted by Crippen LogP contribution is -2.18. The van der Waals surface area contributed by atoms with Gasteiger partial charge in [0.15, 0.2) is 0 Å². The number of amides is 1.